The quantitative estimate of drug-likeness (QED) is 0.658. The van der Waals surface area contributed by atoms with Crippen molar-refractivity contribution < 1.29 is 24.2 Å². The largest absolute Gasteiger partial charge is 0.491 e. The van der Waals surface area contributed by atoms with E-state index in [1.807, 2.05) is 0 Å². The molecule has 22 heavy (non-hydrogen) atoms. The summed E-state index contributed by atoms with van der Waals surface area (Å²) in [5, 5.41) is 12.9. The lowest BCUT2D eigenvalue weighted by molar-refractivity contribution is 0.104. The van der Waals surface area contributed by atoms with E-state index in [1.54, 1.807) is 13.8 Å². The first-order chi connectivity index (χ1) is 13.2. The molecule has 0 amide bonds. The Kier molecular flexibility index (Phi) is 4.11. The molecule has 0 saturated heterocycles. The van der Waals surface area contributed by atoms with Crippen LogP contribution in [-0.4, -0.2) is 43.5 Å². The Morgan fingerprint density at radius 1 is 1.36 bits per heavy atom. The molecule has 1 aliphatic rings. The van der Waals surface area contributed by atoms with Crippen LogP contribution in [0.25, 0.3) is 0 Å². The summed E-state index contributed by atoms with van der Waals surface area (Å²) in [5.41, 5.74) is 0.00816. The first-order valence-corrected chi connectivity index (χ1v) is 7.57. The van der Waals surface area contributed by atoms with Crippen molar-refractivity contribution in [1.29, 1.82) is 0 Å². The molecule has 1 aromatic rings. The molecule has 0 spiro atoms. The van der Waals surface area contributed by atoms with Gasteiger partial charge >= 0.3 is 0 Å². The van der Waals surface area contributed by atoms with Gasteiger partial charge in [-0.3, -0.25) is 0 Å². The van der Waals surface area contributed by atoms with Gasteiger partial charge in [0.2, 0.25) is 0 Å². The predicted octanol–water partition coefficient (Wildman–Crippen LogP) is 2.39. The topological polar surface area (TPSA) is 50.7 Å². The van der Waals surface area contributed by atoms with Crippen molar-refractivity contribution in [3.8, 4) is 5.75 Å². The van der Waals surface area contributed by atoms with Gasteiger partial charge in [0, 0.05) is 21.9 Å². The van der Waals surface area contributed by atoms with E-state index >= 15 is 0 Å². The molecule has 0 aromatic heterocycles. The molecule has 0 heterocycles. The fourth-order valence-corrected chi connectivity index (χ4v) is 1.60. The zero-order valence-corrected chi connectivity index (χ0v) is 13.1. The monoisotopic (exact) mass is 314 g/mol. The van der Waals surface area contributed by atoms with Crippen molar-refractivity contribution in [2.24, 2.45) is 5.92 Å². The highest BCUT2D eigenvalue weighted by Crippen LogP contribution is 2.28. The third-order valence-electron chi connectivity index (χ3n) is 3.10. The summed E-state index contributed by atoms with van der Waals surface area (Å²) in [6.07, 6.45) is -3.07. The molecular formula is C18H29NO3. The van der Waals surface area contributed by atoms with Gasteiger partial charge in [-0.05, 0) is 42.8 Å². The normalized spacial score (nSPS) is 24.1. The second-order valence-corrected chi connectivity index (χ2v) is 5.69. The average Bonchev–Trinajstić information content (AvgIpc) is 3.42. The number of benzene rings is 1. The summed E-state index contributed by atoms with van der Waals surface area (Å²) < 4.78 is 66.2. The van der Waals surface area contributed by atoms with Crippen LogP contribution >= 0.6 is 0 Å². The van der Waals surface area contributed by atoms with Gasteiger partial charge in [0.05, 0.1) is 13.4 Å². The molecular weight excluding hydrogens is 278 g/mol. The first kappa shape index (κ1) is 9.91. The van der Waals surface area contributed by atoms with E-state index in [9.17, 15) is 5.11 Å². The molecule has 1 atom stereocenters. The van der Waals surface area contributed by atoms with Crippen LogP contribution in [0, 0.1) is 5.92 Å². The zero-order chi connectivity index (χ0) is 22.1. The highest BCUT2D eigenvalue weighted by atomic mass is 16.5. The van der Waals surface area contributed by atoms with Crippen LogP contribution in [0.15, 0.2) is 24.3 Å². The maximum Gasteiger partial charge on any atom is 0.119 e. The van der Waals surface area contributed by atoms with Crippen LogP contribution in [0.4, 0.5) is 0 Å². The Hall–Kier alpha value is -1.10. The lowest BCUT2D eigenvalue weighted by Gasteiger charge is -2.15. The van der Waals surface area contributed by atoms with Crippen molar-refractivity contribution in [2.75, 3.05) is 26.3 Å². The smallest absolute Gasteiger partial charge is 0.119 e. The maximum absolute atomic E-state index is 10.1. The van der Waals surface area contributed by atoms with E-state index in [1.165, 1.54) is 24.3 Å². The number of aryl methyl sites for hydroxylation is 1. The molecule has 4 heteroatoms. The molecule has 0 bridgehead atoms. The Morgan fingerprint density at radius 3 is 2.73 bits per heavy atom. The lowest BCUT2D eigenvalue weighted by Crippen LogP contribution is -2.35. The Balaban J connectivity index is 2.08. The van der Waals surface area contributed by atoms with Gasteiger partial charge in [0.15, 0.2) is 0 Å². The average molecular weight is 314 g/mol. The molecule has 2 rings (SSSR count). The summed E-state index contributed by atoms with van der Waals surface area (Å²) in [4.78, 5) is 0. The molecule has 4 nitrogen and oxygen atoms in total. The predicted molar refractivity (Wildman–Crippen MR) is 88.3 cm³/mol. The molecule has 1 aliphatic carbocycles. The van der Waals surface area contributed by atoms with Gasteiger partial charge in [-0.1, -0.05) is 26.0 Å². The molecule has 1 aromatic carbocycles. The van der Waals surface area contributed by atoms with Crippen molar-refractivity contribution in [3.05, 3.63) is 29.8 Å². The van der Waals surface area contributed by atoms with Crippen LogP contribution in [0.2, 0.25) is 0 Å². The standard InChI is InChI=1S/C18H29NO3/c1-14(2)19-11-17(20)13-22-18-7-5-15(6-8-18)9-10-21-12-16-3-4-16/h5-8,14,16-17,19-20H,3-4,9-13H2,1-2H3/i9D2,10D2,13D2,17D. The maximum atomic E-state index is 10.1. The van der Waals surface area contributed by atoms with E-state index in [-0.39, 0.29) is 36.4 Å². The number of nitrogens with one attached hydrogen (secondary N) is 1. The van der Waals surface area contributed by atoms with Gasteiger partial charge in [-0.25, -0.2) is 0 Å². The Labute approximate surface area is 143 Å². The van der Waals surface area contributed by atoms with Crippen LogP contribution in [0.1, 0.15) is 41.8 Å². The minimum absolute atomic E-state index is 0.00816. The van der Waals surface area contributed by atoms with Crippen molar-refractivity contribution >= 4 is 0 Å². The molecule has 124 valence electrons. The third kappa shape index (κ3) is 7.25. The number of rotatable bonds is 11. The minimum Gasteiger partial charge on any atom is -0.491 e. The van der Waals surface area contributed by atoms with E-state index in [0.29, 0.717) is 0 Å². The Bertz CT molecular complexity index is 677. The Morgan fingerprint density at radius 2 is 2.09 bits per heavy atom. The number of ether oxygens (including phenoxy) is 2. The van der Waals surface area contributed by atoms with Crippen molar-refractivity contribution in [3.63, 3.8) is 0 Å². The summed E-state index contributed by atoms with van der Waals surface area (Å²) in [6.45, 7) is -1.86. The zero-order valence-electron chi connectivity index (χ0n) is 20.1. The molecule has 1 unspecified atom stereocenters. The summed E-state index contributed by atoms with van der Waals surface area (Å²) >= 11 is 0. The van der Waals surface area contributed by atoms with Crippen molar-refractivity contribution in [2.45, 2.75) is 45.2 Å². The fourth-order valence-electron chi connectivity index (χ4n) is 1.60. The number of aliphatic hydroxyl groups is 1. The number of hydrogen-bond donors (Lipinski definition) is 2. The van der Waals surface area contributed by atoms with E-state index < -0.39 is 25.6 Å². The summed E-state index contributed by atoms with van der Waals surface area (Å²) in [6, 6.07) is 5.04. The summed E-state index contributed by atoms with van der Waals surface area (Å²) in [7, 11) is 0. The second-order valence-electron chi connectivity index (χ2n) is 5.69. The highest BCUT2D eigenvalue weighted by molar-refractivity contribution is 5.27. The van der Waals surface area contributed by atoms with E-state index in [2.05, 4.69) is 5.32 Å². The van der Waals surface area contributed by atoms with Gasteiger partial charge in [-0.2, -0.15) is 0 Å². The first-order valence-electron chi connectivity index (χ1n) is 11.1. The minimum atomic E-state index is -2.74. The highest BCUT2D eigenvalue weighted by Gasteiger charge is 2.20. The van der Waals surface area contributed by atoms with Crippen LogP contribution in [0.5, 0.6) is 5.75 Å². The SMILES string of the molecule is [2H]C(O)(CNC(C)C)C([2H])([2H])Oc1ccc(C([2H])([2H])C([2H])([2H])OCC2CC2)cc1. The summed E-state index contributed by atoms with van der Waals surface area (Å²) in [5.74, 6) is 0.261. The second kappa shape index (κ2) is 9.13. The molecule has 0 radical (unpaired) electrons. The van der Waals surface area contributed by atoms with Gasteiger partial charge in [0.1, 0.15) is 18.4 Å². The van der Waals surface area contributed by atoms with Crippen LogP contribution in [-0.2, 0) is 11.1 Å². The molecule has 2 N–H and O–H groups in total. The van der Waals surface area contributed by atoms with E-state index in [4.69, 9.17) is 19.1 Å². The molecule has 1 saturated carbocycles. The van der Waals surface area contributed by atoms with Gasteiger partial charge in [-0.15, -0.1) is 0 Å². The van der Waals surface area contributed by atoms with E-state index in [0.717, 1.165) is 12.8 Å². The van der Waals surface area contributed by atoms with Gasteiger partial charge in [0.25, 0.3) is 0 Å². The fraction of sp³-hybridized carbons (Fsp3) is 0.667. The van der Waals surface area contributed by atoms with Crippen LogP contribution in [0.3, 0.4) is 0 Å². The molecule has 0 aliphatic heterocycles. The third-order valence-corrected chi connectivity index (χ3v) is 3.10. The molecule has 1 fully saturated rings. The van der Waals surface area contributed by atoms with Crippen molar-refractivity contribution in [1.82, 2.24) is 5.32 Å². The lowest BCUT2D eigenvalue weighted by atomic mass is 10.1. The number of hydrogen-bond acceptors (Lipinski definition) is 4. The van der Waals surface area contributed by atoms with Crippen LogP contribution < -0.4 is 10.1 Å². The van der Waals surface area contributed by atoms with Gasteiger partial charge < -0.3 is 19.9 Å².